The van der Waals surface area contributed by atoms with Gasteiger partial charge in [0.2, 0.25) is 5.13 Å². The van der Waals surface area contributed by atoms with Gasteiger partial charge in [0.15, 0.2) is 10.1 Å². The first kappa shape index (κ1) is 15.7. The summed E-state index contributed by atoms with van der Waals surface area (Å²) < 4.78 is 14.2. The molecule has 0 atom stereocenters. The van der Waals surface area contributed by atoms with Crippen molar-refractivity contribution < 1.29 is 14.3 Å². The smallest absolute Gasteiger partial charge is 0.208 e. The van der Waals surface area contributed by atoms with Crippen molar-refractivity contribution in [3.63, 3.8) is 0 Å². The number of nitrogens with zero attached hydrogens (tertiary/aromatic N) is 3. The monoisotopic (exact) mass is 327 g/mol. The number of phenolic OH excluding ortho intramolecular Hbond substituents is 1. The van der Waals surface area contributed by atoms with Crippen LogP contribution in [0.25, 0.3) is 0 Å². The number of hydrogen-bond donors (Lipinski definition) is 1. The van der Waals surface area contributed by atoms with E-state index in [1.165, 1.54) is 36.1 Å². The average Bonchev–Trinajstić information content (AvgIpc) is 2.88. The highest BCUT2D eigenvalue weighted by molar-refractivity contribution is 8.00. The number of ketones is 1. The number of carbonyl (C=O) groups excluding carboxylic acids is 1. The first-order valence-corrected chi connectivity index (χ1v) is 7.84. The molecule has 1 N–H and O–H groups in total. The van der Waals surface area contributed by atoms with E-state index in [1.807, 2.05) is 19.0 Å². The third kappa shape index (κ3) is 3.70. The molecule has 5 nitrogen and oxygen atoms in total. The van der Waals surface area contributed by atoms with Crippen LogP contribution < -0.4 is 4.90 Å². The van der Waals surface area contributed by atoms with Crippen LogP contribution >= 0.6 is 23.1 Å². The summed E-state index contributed by atoms with van der Waals surface area (Å²) in [6.45, 7) is 1.29. The Morgan fingerprint density at radius 2 is 2.14 bits per heavy atom. The zero-order valence-electron chi connectivity index (χ0n) is 11.8. The molecule has 1 aromatic heterocycles. The molecule has 0 fully saturated rings. The van der Waals surface area contributed by atoms with Gasteiger partial charge in [-0.1, -0.05) is 23.1 Å². The lowest BCUT2D eigenvalue weighted by Gasteiger charge is -2.07. The molecule has 0 radical (unpaired) electrons. The largest absolute Gasteiger partial charge is 0.507 e. The number of aromatic nitrogens is 2. The summed E-state index contributed by atoms with van der Waals surface area (Å²) in [6, 6.07) is 2.27. The lowest BCUT2D eigenvalue weighted by atomic mass is 10.1. The van der Waals surface area contributed by atoms with E-state index < -0.39 is 5.82 Å². The van der Waals surface area contributed by atoms with Gasteiger partial charge in [-0.05, 0) is 19.1 Å². The number of benzene rings is 1. The Balaban J connectivity index is 2.17. The van der Waals surface area contributed by atoms with E-state index in [0.29, 0.717) is 15.7 Å². The molecular formula is C13H14FN3O2S2. The standard InChI is InChI=1S/C13H14FN3O2S2/c1-7(18)10-5-9(14)4-8(11(10)19)6-20-13-16-15-12(21-13)17(2)3/h4-5,19H,6H2,1-3H3. The Hall–Kier alpha value is -1.67. The predicted octanol–water partition coefficient (Wildman–Crippen LogP) is 2.94. The molecule has 0 spiro atoms. The van der Waals surface area contributed by atoms with Crippen molar-refractivity contribution in [2.75, 3.05) is 19.0 Å². The first-order chi connectivity index (χ1) is 9.88. The van der Waals surface area contributed by atoms with Crippen molar-refractivity contribution in [1.29, 1.82) is 0 Å². The number of halogens is 1. The zero-order chi connectivity index (χ0) is 15.6. The topological polar surface area (TPSA) is 66.3 Å². The fraction of sp³-hybridized carbons (Fsp3) is 0.308. The Labute approximate surface area is 129 Å². The number of phenols is 1. The molecule has 8 heteroatoms. The molecule has 112 valence electrons. The molecule has 1 heterocycles. The second-order valence-electron chi connectivity index (χ2n) is 4.55. The number of hydrogen-bond acceptors (Lipinski definition) is 7. The molecular weight excluding hydrogens is 313 g/mol. The lowest BCUT2D eigenvalue weighted by Crippen LogP contribution is -2.07. The second kappa shape index (κ2) is 6.40. The molecule has 2 aromatic rings. The van der Waals surface area contributed by atoms with Gasteiger partial charge in [0.25, 0.3) is 0 Å². The van der Waals surface area contributed by atoms with Crippen LogP contribution in [0.3, 0.4) is 0 Å². The predicted molar refractivity (Wildman–Crippen MR) is 81.9 cm³/mol. The van der Waals surface area contributed by atoms with Crippen LogP contribution in [0.15, 0.2) is 16.5 Å². The fourth-order valence-electron chi connectivity index (χ4n) is 1.62. The average molecular weight is 327 g/mol. The van der Waals surface area contributed by atoms with Gasteiger partial charge < -0.3 is 10.0 Å². The third-order valence-electron chi connectivity index (χ3n) is 2.66. The van der Waals surface area contributed by atoms with E-state index in [0.717, 1.165) is 11.2 Å². The number of rotatable bonds is 5. The third-order valence-corrected chi connectivity index (χ3v) is 4.94. The first-order valence-electron chi connectivity index (χ1n) is 6.04. The van der Waals surface area contributed by atoms with Gasteiger partial charge in [-0.3, -0.25) is 4.79 Å². The number of aromatic hydroxyl groups is 1. The Bertz CT molecular complexity index is 673. The van der Waals surface area contributed by atoms with Gasteiger partial charge >= 0.3 is 0 Å². The minimum atomic E-state index is -0.542. The van der Waals surface area contributed by atoms with E-state index in [9.17, 15) is 14.3 Å². The van der Waals surface area contributed by atoms with Crippen molar-refractivity contribution in [2.24, 2.45) is 0 Å². The normalized spacial score (nSPS) is 10.7. The van der Waals surface area contributed by atoms with E-state index in [1.54, 1.807) is 0 Å². The molecule has 0 bridgehead atoms. The van der Waals surface area contributed by atoms with Gasteiger partial charge in [0, 0.05) is 25.4 Å². The van der Waals surface area contributed by atoms with Gasteiger partial charge in [-0.15, -0.1) is 10.2 Å². The van der Waals surface area contributed by atoms with E-state index in [4.69, 9.17) is 0 Å². The van der Waals surface area contributed by atoms with Gasteiger partial charge in [-0.2, -0.15) is 0 Å². The number of anilines is 1. The van der Waals surface area contributed by atoms with E-state index >= 15 is 0 Å². The number of thioether (sulfide) groups is 1. The van der Waals surface area contributed by atoms with Gasteiger partial charge in [-0.25, -0.2) is 4.39 Å². The quantitative estimate of drug-likeness (QED) is 0.673. The summed E-state index contributed by atoms with van der Waals surface area (Å²) in [7, 11) is 3.74. The lowest BCUT2D eigenvalue weighted by molar-refractivity contribution is 0.101. The summed E-state index contributed by atoms with van der Waals surface area (Å²) in [5.41, 5.74) is 0.364. The van der Waals surface area contributed by atoms with Crippen LogP contribution in [-0.4, -0.2) is 35.2 Å². The molecule has 0 aliphatic rings. The maximum absolute atomic E-state index is 13.5. The molecule has 21 heavy (non-hydrogen) atoms. The van der Waals surface area contributed by atoms with Crippen molar-refractivity contribution in [3.05, 3.63) is 29.1 Å². The highest BCUT2D eigenvalue weighted by Gasteiger charge is 2.15. The summed E-state index contributed by atoms with van der Waals surface area (Å²) in [5, 5.41) is 18.8. The maximum Gasteiger partial charge on any atom is 0.208 e. The van der Waals surface area contributed by atoms with E-state index in [-0.39, 0.29) is 17.1 Å². The SMILES string of the molecule is CC(=O)c1cc(F)cc(CSc2nnc(N(C)C)s2)c1O. The molecule has 0 aliphatic carbocycles. The maximum atomic E-state index is 13.5. The minimum absolute atomic E-state index is 0.00292. The number of carbonyl (C=O) groups is 1. The molecule has 0 unspecified atom stereocenters. The Morgan fingerprint density at radius 3 is 2.71 bits per heavy atom. The fourth-order valence-corrected chi connectivity index (χ4v) is 3.35. The van der Waals surface area contributed by atoms with Crippen LogP contribution in [0.5, 0.6) is 5.75 Å². The van der Waals surface area contributed by atoms with Crippen molar-refractivity contribution in [2.45, 2.75) is 17.0 Å². The molecule has 0 aliphatic heterocycles. The van der Waals surface area contributed by atoms with Crippen LogP contribution in [0.4, 0.5) is 9.52 Å². The number of Topliss-reactive ketones (excluding diaryl/α,β-unsaturated/α-hetero) is 1. The van der Waals surface area contributed by atoms with Crippen molar-refractivity contribution in [1.82, 2.24) is 10.2 Å². The zero-order valence-corrected chi connectivity index (χ0v) is 13.4. The van der Waals surface area contributed by atoms with Crippen LogP contribution in [-0.2, 0) is 5.75 Å². The minimum Gasteiger partial charge on any atom is -0.507 e. The summed E-state index contributed by atoms with van der Waals surface area (Å²) in [5.74, 6) is -0.774. The Morgan fingerprint density at radius 1 is 1.43 bits per heavy atom. The van der Waals surface area contributed by atoms with Crippen LogP contribution in [0.1, 0.15) is 22.8 Å². The van der Waals surface area contributed by atoms with Gasteiger partial charge in [0.05, 0.1) is 5.56 Å². The van der Waals surface area contributed by atoms with Crippen LogP contribution in [0.2, 0.25) is 0 Å². The van der Waals surface area contributed by atoms with Crippen molar-refractivity contribution in [3.8, 4) is 5.75 Å². The molecule has 0 saturated carbocycles. The highest BCUT2D eigenvalue weighted by Crippen LogP contribution is 2.33. The molecule has 0 saturated heterocycles. The molecule has 1 aromatic carbocycles. The summed E-state index contributed by atoms with van der Waals surface area (Å²) in [6.07, 6.45) is 0. The van der Waals surface area contributed by atoms with Crippen LogP contribution in [0, 0.1) is 5.82 Å². The molecule has 0 amide bonds. The second-order valence-corrected chi connectivity index (χ2v) is 6.73. The van der Waals surface area contributed by atoms with Crippen molar-refractivity contribution >= 4 is 34.0 Å². The Kier molecular flexibility index (Phi) is 4.79. The van der Waals surface area contributed by atoms with E-state index in [2.05, 4.69) is 10.2 Å². The molecule has 2 rings (SSSR count). The summed E-state index contributed by atoms with van der Waals surface area (Å²) >= 11 is 2.74. The summed E-state index contributed by atoms with van der Waals surface area (Å²) in [4.78, 5) is 13.2. The van der Waals surface area contributed by atoms with Gasteiger partial charge in [0.1, 0.15) is 11.6 Å². The highest BCUT2D eigenvalue weighted by atomic mass is 32.2.